The van der Waals surface area contributed by atoms with Crippen LogP contribution in [0.4, 0.5) is 13.2 Å². The molecule has 1 unspecified atom stereocenters. The molecule has 1 aromatic heterocycles. The van der Waals surface area contributed by atoms with Crippen LogP contribution in [0.15, 0.2) is 30.5 Å². The van der Waals surface area contributed by atoms with Gasteiger partial charge >= 0.3 is 0 Å². The Morgan fingerprint density at radius 1 is 1.10 bits per heavy atom. The van der Waals surface area contributed by atoms with Crippen molar-refractivity contribution < 1.29 is 18.3 Å². The van der Waals surface area contributed by atoms with Gasteiger partial charge in [0.2, 0.25) is 0 Å². The summed E-state index contributed by atoms with van der Waals surface area (Å²) >= 11 is 0. The SMILES string of the molecule is CCC(O)(c1ccc(F)cn1)c1ccc(C)c(F)c1F. The van der Waals surface area contributed by atoms with Gasteiger partial charge in [0.15, 0.2) is 11.6 Å². The molecule has 1 N–H and O–H groups in total. The fourth-order valence-electron chi connectivity index (χ4n) is 2.10. The predicted molar refractivity (Wildman–Crippen MR) is 68.6 cm³/mol. The quantitative estimate of drug-likeness (QED) is 0.934. The number of benzene rings is 1. The van der Waals surface area contributed by atoms with E-state index in [0.717, 1.165) is 12.3 Å². The summed E-state index contributed by atoms with van der Waals surface area (Å²) in [4.78, 5) is 3.78. The molecule has 5 heteroatoms. The summed E-state index contributed by atoms with van der Waals surface area (Å²) in [5, 5.41) is 10.7. The smallest absolute Gasteiger partial charge is 0.165 e. The number of aromatic nitrogens is 1. The highest BCUT2D eigenvalue weighted by Gasteiger charge is 2.35. The van der Waals surface area contributed by atoms with E-state index in [4.69, 9.17) is 0 Å². The van der Waals surface area contributed by atoms with Gasteiger partial charge in [-0.3, -0.25) is 4.98 Å². The van der Waals surface area contributed by atoms with Crippen molar-refractivity contribution in [2.45, 2.75) is 25.9 Å². The lowest BCUT2D eigenvalue weighted by atomic mass is 9.86. The number of hydrogen-bond acceptors (Lipinski definition) is 2. The van der Waals surface area contributed by atoms with E-state index in [1.807, 2.05) is 0 Å². The standard InChI is InChI=1S/C15H14F3NO/c1-3-15(20,12-7-5-10(16)8-19-12)11-6-4-9(2)13(17)14(11)18/h4-8,20H,3H2,1-2H3. The van der Waals surface area contributed by atoms with E-state index in [-0.39, 0.29) is 23.2 Å². The van der Waals surface area contributed by atoms with Crippen molar-refractivity contribution in [3.8, 4) is 0 Å². The topological polar surface area (TPSA) is 33.1 Å². The van der Waals surface area contributed by atoms with Crippen LogP contribution in [0.2, 0.25) is 0 Å². The maximum atomic E-state index is 14.1. The van der Waals surface area contributed by atoms with Crippen LogP contribution in [0.1, 0.15) is 30.2 Å². The van der Waals surface area contributed by atoms with Crippen molar-refractivity contribution in [3.63, 3.8) is 0 Å². The van der Waals surface area contributed by atoms with Crippen LogP contribution in [0.25, 0.3) is 0 Å². The Kier molecular flexibility index (Phi) is 3.81. The highest BCUT2D eigenvalue weighted by molar-refractivity contribution is 5.36. The molecule has 1 heterocycles. The molecule has 1 atom stereocenters. The summed E-state index contributed by atoms with van der Waals surface area (Å²) in [6.07, 6.45) is 1.00. The Morgan fingerprint density at radius 2 is 1.80 bits per heavy atom. The number of nitrogens with zero attached hydrogens (tertiary/aromatic N) is 1. The molecule has 20 heavy (non-hydrogen) atoms. The maximum absolute atomic E-state index is 14.1. The minimum atomic E-state index is -1.80. The molecule has 2 rings (SSSR count). The third kappa shape index (κ3) is 2.29. The fourth-order valence-corrected chi connectivity index (χ4v) is 2.10. The first kappa shape index (κ1) is 14.5. The Labute approximate surface area is 114 Å². The van der Waals surface area contributed by atoms with Crippen LogP contribution in [-0.4, -0.2) is 10.1 Å². The van der Waals surface area contributed by atoms with E-state index >= 15 is 0 Å². The lowest BCUT2D eigenvalue weighted by molar-refractivity contribution is 0.0670. The second-order valence-electron chi connectivity index (χ2n) is 4.63. The normalized spacial score (nSPS) is 14.1. The highest BCUT2D eigenvalue weighted by Crippen LogP contribution is 2.34. The number of pyridine rings is 1. The molecule has 0 fully saturated rings. The molecule has 1 aromatic carbocycles. The van der Waals surface area contributed by atoms with Gasteiger partial charge in [-0.15, -0.1) is 0 Å². The average Bonchev–Trinajstić information content (AvgIpc) is 2.45. The maximum Gasteiger partial charge on any atom is 0.165 e. The van der Waals surface area contributed by atoms with Gasteiger partial charge < -0.3 is 5.11 Å². The van der Waals surface area contributed by atoms with Crippen molar-refractivity contribution in [3.05, 3.63) is 64.7 Å². The number of rotatable bonds is 3. The zero-order valence-electron chi connectivity index (χ0n) is 11.1. The molecule has 0 bridgehead atoms. The molecule has 2 nitrogen and oxygen atoms in total. The summed E-state index contributed by atoms with van der Waals surface area (Å²) in [5.41, 5.74) is -1.78. The van der Waals surface area contributed by atoms with Gasteiger partial charge in [0, 0.05) is 5.56 Å². The van der Waals surface area contributed by atoms with Crippen molar-refractivity contribution in [2.75, 3.05) is 0 Å². The zero-order valence-corrected chi connectivity index (χ0v) is 11.1. The monoisotopic (exact) mass is 281 g/mol. The second-order valence-corrected chi connectivity index (χ2v) is 4.63. The van der Waals surface area contributed by atoms with Crippen LogP contribution in [-0.2, 0) is 5.60 Å². The lowest BCUT2D eigenvalue weighted by Crippen LogP contribution is -2.29. The Bertz CT molecular complexity index is 628. The Hall–Kier alpha value is -1.88. The lowest BCUT2D eigenvalue weighted by Gasteiger charge is -2.27. The molecule has 0 saturated carbocycles. The molecule has 0 aliphatic heterocycles. The summed E-state index contributed by atoms with van der Waals surface area (Å²) in [6.45, 7) is 3.05. The van der Waals surface area contributed by atoms with Gasteiger partial charge in [0.1, 0.15) is 11.4 Å². The van der Waals surface area contributed by atoms with Crippen LogP contribution in [0.5, 0.6) is 0 Å². The molecule has 2 aromatic rings. The van der Waals surface area contributed by atoms with E-state index < -0.39 is 23.1 Å². The summed E-state index contributed by atoms with van der Waals surface area (Å²) in [7, 11) is 0. The van der Waals surface area contributed by atoms with Gasteiger partial charge in [0.25, 0.3) is 0 Å². The summed E-state index contributed by atoms with van der Waals surface area (Å²) < 4.78 is 40.6. The van der Waals surface area contributed by atoms with Gasteiger partial charge in [-0.05, 0) is 31.0 Å². The van der Waals surface area contributed by atoms with E-state index in [9.17, 15) is 18.3 Å². The Morgan fingerprint density at radius 3 is 2.35 bits per heavy atom. The molecular formula is C15H14F3NO. The predicted octanol–water partition coefficient (Wildman–Crippen LogP) is 3.45. The number of aryl methyl sites for hydroxylation is 1. The van der Waals surface area contributed by atoms with E-state index in [0.29, 0.717) is 0 Å². The largest absolute Gasteiger partial charge is 0.379 e. The van der Waals surface area contributed by atoms with Crippen LogP contribution in [0.3, 0.4) is 0 Å². The fraction of sp³-hybridized carbons (Fsp3) is 0.267. The first-order valence-corrected chi connectivity index (χ1v) is 6.19. The summed E-state index contributed by atoms with van der Waals surface area (Å²) in [5.74, 6) is -2.68. The minimum absolute atomic E-state index is 0.0727. The molecule has 0 spiro atoms. The molecular weight excluding hydrogens is 267 g/mol. The van der Waals surface area contributed by atoms with Crippen LogP contribution >= 0.6 is 0 Å². The first-order chi connectivity index (χ1) is 9.40. The zero-order chi connectivity index (χ0) is 14.9. The molecule has 106 valence electrons. The Balaban J connectivity index is 2.62. The number of aliphatic hydroxyl groups is 1. The molecule has 0 radical (unpaired) electrons. The van der Waals surface area contributed by atoms with Gasteiger partial charge in [-0.2, -0.15) is 0 Å². The van der Waals surface area contributed by atoms with Gasteiger partial charge in [-0.1, -0.05) is 19.1 Å². The molecule has 0 aliphatic rings. The average molecular weight is 281 g/mol. The molecule has 0 saturated heterocycles. The summed E-state index contributed by atoms with van der Waals surface area (Å²) in [6, 6.07) is 5.08. The number of halogens is 3. The third-order valence-electron chi connectivity index (χ3n) is 3.38. The van der Waals surface area contributed by atoms with Crippen LogP contribution < -0.4 is 0 Å². The number of hydrogen-bond donors (Lipinski definition) is 1. The van der Waals surface area contributed by atoms with E-state index in [1.165, 1.54) is 25.1 Å². The minimum Gasteiger partial charge on any atom is -0.379 e. The van der Waals surface area contributed by atoms with Gasteiger partial charge in [-0.25, -0.2) is 13.2 Å². The van der Waals surface area contributed by atoms with Crippen LogP contribution in [0, 0.1) is 24.4 Å². The molecule has 0 amide bonds. The van der Waals surface area contributed by atoms with Gasteiger partial charge in [0.05, 0.1) is 11.9 Å². The van der Waals surface area contributed by atoms with Crippen molar-refractivity contribution in [1.82, 2.24) is 4.98 Å². The third-order valence-corrected chi connectivity index (χ3v) is 3.38. The van der Waals surface area contributed by atoms with E-state index in [2.05, 4.69) is 4.98 Å². The first-order valence-electron chi connectivity index (χ1n) is 6.19. The highest BCUT2D eigenvalue weighted by atomic mass is 19.2. The second kappa shape index (κ2) is 5.25. The van der Waals surface area contributed by atoms with Crippen molar-refractivity contribution in [1.29, 1.82) is 0 Å². The van der Waals surface area contributed by atoms with Crippen molar-refractivity contribution in [2.24, 2.45) is 0 Å². The van der Waals surface area contributed by atoms with E-state index in [1.54, 1.807) is 6.92 Å². The van der Waals surface area contributed by atoms with Crippen molar-refractivity contribution >= 4 is 0 Å². The molecule has 0 aliphatic carbocycles.